The molecule has 0 amide bonds. The topological polar surface area (TPSA) is 41.5 Å². The van der Waals surface area contributed by atoms with Crippen LogP contribution >= 0.6 is 0 Å². The van der Waals surface area contributed by atoms with Gasteiger partial charge in [-0.25, -0.2) is 0 Å². The van der Waals surface area contributed by atoms with Crippen molar-refractivity contribution in [2.45, 2.75) is 52.9 Å². The molecule has 0 rings (SSSR count). The van der Waals surface area contributed by atoms with E-state index in [1.54, 1.807) is 0 Å². The number of rotatable bonds is 7. The molecular weight excluding hydrogens is 178 g/mol. The zero-order valence-corrected chi connectivity index (χ0v) is 10.1. The van der Waals surface area contributed by atoms with Crippen LogP contribution in [0.5, 0.6) is 0 Å². The van der Waals surface area contributed by atoms with E-state index in [0.717, 1.165) is 0 Å². The van der Waals surface area contributed by atoms with Crippen molar-refractivity contribution in [3.63, 3.8) is 0 Å². The Kier molecular flexibility index (Phi) is 7.15. The Labute approximate surface area is 87.8 Å². The second-order valence-electron chi connectivity index (χ2n) is 4.50. The van der Waals surface area contributed by atoms with Crippen LogP contribution in [0.3, 0.4) is 0 Å². The predicted octanol–water partition coefficient (Wildman–Crippen LogP) is 1.41. The molecule has 0 saturated heterocycles. The molecule has 2 atom stereocenters. The lowest BCUT2D eigenvalue weighted by molar-refractivity contribution is -0.0194. The van der Waals surface area contributed by atoms with Gasteiger partial charge in [0.15, 0.2) is 0 Å². The van der Waals surface area contributed by atoms with Crippen molar-refractivity contribution in [1.82, 2.24) is 5.32 Å². The molecule has 0 aromatic rings. The summed E-state index contributed by atoms with van der Waals surface area (Å²) in [5, 5.41) is 12.7. The molecule has 2 N–H and O–H groups in total. The van der Waals surface area contributed by atoms with Gasteiger partial charge in [-0.1, -0.05) is 27.7 Å². The first-order valence-corrected chi connectivity index (χ1v) is 5.46. The zero-order valence-electron chi connectivity index (χ0n) is 10.1. The highest BCUT2D eigenvalue weighted by Gasteiger charge is 2.10. The highest BCUT2D eigenvalue weighted by Crippen LogP contribution is 2.05. The lowest BCUT2D eigenvalue weighted by Crippen LogP contribution is -2.35. The largest absolute Gasteiger partial charge is 0.389 e. The maximum absolute atomic E-state index is 9.54. The normalized spacial score (nSPS) is 16.3. The number of ether oxygens (including phenoxy) is 1. The summed E-state index contributed by atoms with van der Waals surface area (Å²) in [5.74, 6) is 0.500. The first-order valence-electron chi connectivity index (χ1n) is 5.46. The van der Waals surface area contributed by atoms with E-state index in [-0.39, 0.29) is 6.10 Å². The monoisotopic (exact) mass is 203 g/mol. The van der Waals surface area contributed by atoms with Gasteiger partial charge in [-0.15, -0.1) is 0 Å². The van der Waals surface area contributed by atoms with Gasteiger partial charge >= 0.3 is 0 Å². The molecule has 0 aliphatic heterocycles. The second-order valence-corrected chi connectivity index (χ2v) is 4.50. The summed E-state index contributed by atoms with van der Waals surface area (Å²) in [4.78, 5) is 0. The third-order valence-electron chi connectivity index (χ3n) is 2.25. The molecule has 0 bridgehead atoms. The minimum absolute atomic E-state index is 0.212. The summed E-state index contributed by atoms with van der Waals surface area (Å²) in [7, 11) is 0. The SMILES string of the molecule is CC(C)NCC(O)COC(C)C(C)C. The van der Waals surface area contributed by atoms with Gasteiger partial charge in [-0.2, -0.15) is 0 Å². The smallest absolute Gasteiger partial charge is 0.0897 e. The molecule has 86 valence electrons. The number of hydrogen-bond acceptors (Lipinski definition) is 3. The van der Waals surface area contributed by atoms with E-state index in [4.69, 9.17) is 4.74 Å². The minimum Gasteiger partial charge on any atom is -0.389 e. The van der Waals surface area contributed by atoms with Crippen LogP contribution in [0.2, 0.25) is 0 Å². The standard InChI is InChI=1S/C11H25NO2/c1-8(2)10(5)14-7-11(13)6-12-9(3)4/h8-13H,6-7H2,1-5H3. The molecule has 0 aromatic carbocycles. The van der Waals surface area contributed by atoms with Crippen LogP contribution < -0.4 is 5.32 Å². The van der Waals surface area contributed by atoms with Crippen LogP contribution in [0.25, 0.3) is 0 Å². The third-order valence-corrected chi connectivity index (χ3v) is 2.25. The molecule has 14 heavy (non-hydrogen) atoms. The van der Waals surface area contributed by atoms with Crippen molar-refractivity contribution in [3.05, 3.63) is 0 Å². The van der Waals surface area contributed by atoms with Crippen molar-refractivity contribution < 1.29 is 9.84 Å². The average molecular weight is 203 g/mol. The lowest BCUT2D eigenvalue weighted by Gasteiger charge is -2.20. The highest BCUT2D eigenvalue weighted by molar-refractivity contribution is 4.63. The summed E-state index contributed by atoms with van der Waals surface area (Å²) in [6.45, 7) is 11.4. The molecule has 0 spiro atoms. The number of aliphatic hydroxyl groups is 1. The van der Waals surface area contributed by atoms with E-state index >= 15 is 0 Å². The van der Waals surface area contributed by atoms with Crippen LogP contribution in [0.1, 0.15) is 34.6 Å². The molecule has 2 unspecified atom stereocenters. The van der Waals surface area contributed by atoms with E-state index in [1.165, 1.54) is 0 Å². The van der Waals surface area contributed by atoms with Gasteiger partial charge in [0.1, 0.15) is 0 Å². The molecule has 3 nitrogen and oxygen atoms in total. The Morgan fingerprint density at radius 1 is 1.14 bits per heavy atom. The summed E-state index contributed by atoms with van der Waals surface area (Å²) < 4.78 is 5.51. The van der Waals surface area contributed by atoms with Crippen LogP contribution in [0.4, 0.5) is 0 Å². The Bertz CT molecular complexity index is 137. The first kappa shape index (κ1) is 13.9. The van der Waals surface area contributed by atoms with Gasteiger partial charge in [0.2, 0.25) is 0 Å². The fourth-order valence-electron chi connectivity index (χ4n) is 0.886. The zero-order chi connectivity index (χ0) is 11.1. The number of hydrogen-bond donors (Lipinski definition) is 2. The maximum Gasteiger partial charge on any atom is 0.0897 e. The molecule has 0 aliphatic rings. The van der Waals surface area contributed by atoms with Gasteiger partial charge in [-0.3, -0.25) is 0 Å². The van der Waals surface area contributed by atoms with Crippen molar-refractivity contribution in [2.24, 2.45) is 5.92 Å². The predicted molar refractivity (Wildman–Crippen MR) is 59.4 cm³/mol. The fraction of sp³-hybridized carbons (Fsp3) is 1.00. The second kappa shape index (κ2) is 7.21. The summed E-state index contributed by atoms with van der Waals surface area (Å²) in [6, 6.07) is 0.409. The Morgan fingerprint density at radius 2 is 1.71 bits per heavy atom. The molecule has 0 aromatic heterocycles. The van der Waals surface area contributed by atoms with Crippen LogP contribution in [-0.4, -0.2) is 36.5 Å². The fourth-order valence-corrected chi connectivity index (χ4v) is 0.886. The van der Waals surface area contributed by atoms with Crippen LogP contribution in [0, 0.1) is 5.92 Å². The maximum atomic E-state index is 9.54. The van der Waals surface area contributed by atoms with Gasteiger partial charge in [-0.05, 0) is 12.8 Å². The Morgan fingerprint density at radius 3 is 2.14 bits per heavy atom. The van der Waals surface area contributed by atoms with Gasteiger partial charge in [0.05, 0.1) is 18.8 Å². The number of aliphatic hydroxyl groups excluding tert-OH is 1. The summed E-state index contributed by atoms with van der Waals surface area (Å²) >= 11 is 0. The minimum atomic E-state index is -0.404. The molecule has 0 aliphatic carbocycles. The van der Waals surface area contributed by atoms with Crippen molar-refractivity contribution >= 4 is 0 Å². The molecule has 3 heteroatoms. The molecule has 0 fully saturated rings. The van der Waals surface area contributed by atoms with E-state index in [0.29, 0.717) is 25.1 Å². The van der Waals surface area contributed by atoms with Crippen molar-refractivity contribution in [1.29, 1.82) is 0 Å². The van der Waals surface area contributed by atoms with E-state index in [2.05, 4.69) is 33.0 Å². The lowest BCUT2D eigenvalue weighted by atomic mass is 10.1. The quantitative estimate of drug-likeness (QED) is 0.657. The average Bonchev–Trinajstić information content (AvgIpc) is 2.10. The first-order chi connectivity index (χ1) is 6.43. The van der Waals surface area contributed by atoms with E-state index < -0.39 is 6.10 Å². The van der Waals surface area contributed by atoms with Gasteiger partial charge in [0.25, 0.3) is 0 Å². The Balaban J connectivity index is 3.48. The molecule has 0 heterocycles. The van der Waals surface area contributed by atoms with E-state index in [1.807, 2.05) is 6.92 Å². The third kappa shape index (κ3) is 7.30. The molecule has 0 radical (unpaired) electrons. The summed E-state index contributed by atoms with van der Waals surface area (Å²) in [6.07, 6.45) is -0.192. The molecule has 0 saturated carbocycles. The summed E-state index contributed by atoms with van der Waals surface area (Å²) in [5.41, 5.74) is 0. The van der Waals surface area contributed by atoms with Gasteiger partial charge in [0, 0.05) is 12.6 Å². The highest BCUT2D eigenvalue weighted by atomic mass is 16.5. The Hall–Kier alpha value is -0.120. The van der Waals surface area contributed by atoms with E-state index in [9.17, 15) is 5.11 Å². The van der Waals surface area contributed by atoms with Crippen LogP contribution in [0.15, 0.2) is 0 Å². The van der Waals surface area contributed by atoms with Crippen LogP contribution in [-0.2, 0) is 4.74 Å². The van der Waals surface area contributed by atoms with Crippen molar-refractivity contribution in [2.75, 3.05) is 13.2 Å². The van der Waals surface area contributed by atoms with Gasteiger partial charge < -0.3 is 15.2 Å². The number of nitrogens with one attached hydrogen (secondary N) is 1. The van der Waals surface area contributed by atoms with Crippen molar-refractivity contribution in [3.8, 4) is 0 Å². The molecular formula is C11H25NO2.